The van der Waals surface area contributed by atoms with E-state index in [1.165, 1.54) is 18.3 Å². The molecule has 8 nitrogen and oxygen atoms in total. The van der Waals surface area contributed by atoms with Gasteiger partial charge in [0.15, 0.2) is 11.6 Å². The smallest absolute Gasteiger partial charge is 0.325 e. The Morgan fingerprint density at radius 3 is 1.88 bits per heavy atom. The molecule has 0 unspecified atom stereocenters. The summed E-state index contributed by atoms with van der Waals surface area (Å²) in [7, 11) is 0. The van der Waals surface area contributed by atoms with Gasteiger partial charge in [0.1, 0.15) is 6.04 Å². The van der Waals surface area contributed by atoms with Gasteiger partial charge in [0.2, 0.25) is 5.91 Å². The number of hydrogen-bond acceptors (Lipinski definition) is 7. The largest absolute Gasteiger partial charge is 0.480 e. The molecule has 9 heteroatoms. The number of hydrogen-bond donors (Lipinski definition) is 2. The summed E-state index contributed by atoms with van der Waals surface area (Å²) in [5, 5.41) is 20.9. The monoisotopic (exact) mass is 656 g/mol. The lowest BCUT2D eigenvalue weighted by atomic mass is 9.92. The standard InChI is InChI=1S/C39H36N4O4S/c1-24(38(46)47)43-37(45)31(20-33(44)34-17-18-35(48-34)39(2,3)4)19-25-5-11-30(12-6-25)36-41-22-32(23-42-36)29-15-13-28(14-16-29)27-9-7-26(21-40)8-10-27/h5-18,22-24,31H,19-20H2,1-4H3,(H,43,45)(H,46,47)/t24-,31-/m1/s1. The number of Topliss-reactive ketones (excluding diaryl/α,β-unsaturated/α-hetero) is 1. The Balaban J connectivity index is 1.28. The Hall–Kier alpha value is -5.46. The minimum atomic E-state index is -1.14. The Labute approximate surface area is 284 Å². The highest BCUT2D eigenvalue weighted by molar-refractivity contribution is 7.14. The molecular weight excluding hydrogens is 621 g/mol. The van der Waals surface area contributed by atoms with E-state index in [-0.39, 0.29) is 24.0 Å². The zero-order chi connectivity index (χ0) is 34.4. The number of nitriles is 1. The highest BCUT2D eigenvalue weighted by atomic mass is 32.1. The highest BCUT2D eigenvalue weighted by Gasteiger charge is 2.27. The van der Waals surface area contributed by atoms with Crippen LogP contribution >= 0.6 is 11.3 Å². The summed E-state index contributed by atoms with van der Waals surface area (Å²) in [6.07, 6.45) is 3.78. The molecule has 0 spiro atoms. The number of aliphatic carboxylic acids is 1. The van der Waals surface area contributed by atoms with Crippen LogP contribution in [0.2, 0.25) is 0 Å². The van der Waals surface area contributed by atoms with Crippen LogP contribution in [-0.2, 0) is 21.4 Å². The fraction of sp³-hybridized carbons (Fsp3) is 0.231. The third-order valence-electron chi connectivity index (χ3n) is 8.06. The first-order chi connectivity index (χ1) is 22.9. The van der Waals surface area contributed by atoms with E-state index in [1.54, 1.807) is 30.6 Å². The molecule has 0 aliphatic heterocycles. The lowest BCUT2D eigenvalue weighted by molar-refractivity contribution is -0.141. The van der Waals surface area contributed by atoms with Gasteiger partial charge in [-0.1, -0.05) is 81.4 Å². The molecule has 0 bridgehead atoms. The molecule has 2 heterocycles. The minimum Gasteiger partial charge on any atom is -0.480 e. The van der Waals surface area contributed by atoms with E-state index in [4.69, 9.17) is 5.26 Å². The van der Waals surface area contributed by atoms with Gasteiger partial charge in [0, 0.05) is 40.7 Å². The van der Waals surface area contributed by atoms with E-state index in [9.17, 15) is 19.5 Å². The van der Waals surface area contributed by atoms with Crippen LogP contribution < -0.4 is 5.32 Å². The molecule has 5 rings (SSSR count). The van der Waals surface area contributed by atoms with Gasteiger partial charge in [-0.15, -0.1) is 11.3 Å². The Morgan fingerprint density at radius 2 is 1.35 bits per heavy atom. The second kappa shape index (κ2) is 14.5. The lowest BCUT2D eigenvalue weighted by Gasteiger charge is -2.18. The minimum absolute atomic E-state index is 0.0386. The number of nitrogens with zero attached hydrogens (tertiary/aromatic N) is 3. The van der Waals surface area contributed by atoms with Gasteiger partial charge in [-0.2, -0.15) is 5.26 Å². The fourth-order valence-corrected chi connectivity index (χ4v) is 6.17. The first-order valence-corrected chi connectivity index (χ1v) is 16.4. The topological polar surface area (TPSA) is 133 Å². The van der Waals surface area contributed by atoms with Gasteiger partial charge < -0.3 is 10.4 Å². The molecule has 0 fully saturated rings. The molecular formula is C39H36N4O4S. The summed E-state index contributed by atoms with van der Waals surface area (Å²) >= 11 is 1.43. The predicted molar refractivity (Wildman–Crippen MR) is 187 cm³/mol. The van der Waals surface area contributed by atoms with Crippen LogP contribution in [0.1, 0.15) is 59.8 Å². The molecule has 0 saturated carbocycles. The van der Waals surface area contributed by atoms with Crippen LogP contribution in [0.5, 0.6) is 0 Å². The molecule has 48 heavy (non-hydrogen) atoms. The van der Waals surface area contributed by atoms with Crippen LogP contribution in [0.4, 0.5) is 0 Å². The van der Waals surface area contributed by atoms with Crippen molar-refractivity contribution in [1.29, 1.82) is 5.26 Å². The van der Waals surface area contributed by atoms with Crippen LogP contribution in [0, 0.1) is 17.2 Å². The second-order valence-corrected chi connectivity index (χ2v) is 13.9. The van der Waals surface area contributed by atoms with Crippen molar-refractivity contribution >= 4 is 29.0 Å². The molecule has 0 aliphatic rings. The highest BCUT2D eigenvalue weighted by Crippen LogP contribution is 2.31. The van der Waals surface area contributed by atoms with Crippen molar-refractivity contribution in [2.24, 2.45) is 5.92 Å². The zero-order valence-electron chi connectivity index (χ0n) is 27.2. The zero-order valence-corrected chi connectivity index (χ0v) is 28.0. The van der Waals surface area contributed by atoms with E-state index in [0.717, 1.165) is 38.3 Å². The number of carbonyl (C=O) groups excluding carboxylic acids is 2. The van der Waals surface area contributed by atoms with Crippen molar-refractivity contribution in [3.05, 3.63) is 118 Å². The van der Waals surface area contributed by atoms with Crippen LogP contribution in [0.15, 0.2) is 97.3 Å². The van der Waals surface area contributed by atoms with Crippen molar-refractivity contribution < 1.29 is 19.5 Å². The van der Waals surface area contributed by atoms with Crippen molar-refractivity contribution in [2.45, 2.75) is 52.0 Å². The van der Waals surface area contributed by atoms with E-state index in [0.29, 0.717) is 16.3 Å². The maximum atomic E-state index is 13.3. The van der Waals surface area contributed by atoms with Crippen LogP contribution in [-0.4, -0.2) is 38.8 Å². The van der Waals surface area contributed by atoms with Crippen molar-refractivity contribution in [2.75, 3.05) is 0 Å². The maximum Gasteiger partial charge on any atom is 0.325 e. The molecule has 0 saturated heterocycles. The van der Waals surface area contributed by atoms with Gasteiger partial charge in [-0.05, 0) is 65.3 Å². The summed E-state index contributed by atoms with van der Waals surface area (Å²) < 4.78 is 0. The van der Waals surface area contributed by atoms with Crippen LogP contribution in [0.25, 0.3) is 33.6 Å². The molecule has 0 aliphatic carbocycles. The van der Waals surface area contributed by atoms with Gasteiger partial charge >= 0.3 is 5.97 Å². The lowest BCUT2D eigenvalue weighted by Crippen LogP contribution is -2.42. The van der Waals surface area contributed by atoms with E-state index < -0.39 is 23.8 Å². The Bertz CT molecular complexity index is 1950. The Morgan fingerprint density at radius 1 is 0.812 bits per heavy atom. The van der Waals surface area contributed by atoms with Crippen molar-refractivity contribution in [3.63, 3.8) is 0 Å². The number of aromatic nitrogens is 2. The number of carbonyl (C=O) groups is 3. The normalized spacial score (nSPS) is 12.5. The summed E-state index contributed by atoms with van der Waals surface area (Å²) in [5.41, 5.74) is 6.07. The third-order valence-corrected chi connectivity index (χ3v) is 9.62. The quantitative estimate of drug-likeness (QED) is 0.139. The summed E-state index contributed by atoms with van der Waals surface area (Å²) in [5.74, 6) is -1.96. The van der Waals surface area contributed by atoms with Crippen LogP contribution in [0.3, 0.4) is 0 Å². The third kappa shape index (κ3) is 8.27. The second-order valence-electron chi connectivity index (χ2n) is 12.8. The predicted octanol–water partition coefficient (Wildman–Crippen LogP) is 7.73. The SMILES string of the molecule is C[C@@H](NC(=O)[C@@H](CC(=O)c1ccc(C(C)(C)C)s1)Cc1ccc(-c2ncc(-c3ccc(-c4ccc(C#N)cc4)cc3)cn2)cc1)C(=O)O. The fourth-order valence-electron chi connectivity index (χ4n) is 5.16. The summed E-state index contributed by atoms with van der Waals surface area (Å²) in [6.45, 7) is 7.65. The molecule has 1 amide bonds. The molecule has 5 aromatic rings. The van der Waals surface area contributed by atoms with E-state index >= 15 is 0 Å². The molecule has 2 aromatic heterocycles. The number of carboxylic acid groups (broad SMARTS) is 1. The van der Waals surface area contributed by atoms with E-state index in [2.05, 4.69) is 42.1 Å². The molecule has 2 atom stereocenters. The number of benzene rings is 3. The summed E-state index contributed by atoms with van der Waals surface area (Å²) in [6, 6.07) is 27.8. The number of nitrogens with one attached hydrogen (secondary N) is 1. The average molecular weight is 657 g/mol. The van der Waals surface area contributed by atoms with Crippen molar-refractivity contribution in [1.82, 2.24) is 15.3 Å². The van der Waals surface area contributed by atoms with Gasteiger partial charge in [0.05, 0.1) is 16.5 Å². The van der Waals surface area contributed by atoms with Gasteiger partial charge in [-0.25, -0.2) is 9.97 Å². The first-order valence-electron chi connectivity index (χ1n) is 15.6. The van der Waals surface area contributed by atoms with E-state index in [1.807, 2.05) is 66.7 Å². The Kier molecular flexibility index (Phi) is 10.3. The number of carboxylic acids is 1. The molecule has 242 valence electrons. The number of amides is 1. The number of ketones is 1. The molecule has 2 N–H and O–H groups in total. The molecule has 0 radical (unpaired) electrons. The summed E-state index contributed by atoms with van der Waals surface area (Å²) in [4.78, 5) is 48.7. The van der Waals surface area contributed by atoms with Gasteiger partial charge in [0.25, 0.3) is 0 Å². The number of rotatable bonds is 11. The van der Waals surface area contributed by atoms with Gasteiger partial charge in [-0.3, -0.25) is 14.4 Å². The number of thiophene rings is 1. The molecule has 3 aromatic carbocycles. The average Bonchev–Trinajstić information content (AvgIpc) is 3.60. The first kappa shape index (κ1) is 33.9. The van der Waals surface area contributed by atoms with Crippen molar-refractivity contribution in [3.8, 4) is 39.7 Å². The maximum absolute atomic E-state index is 13.3.